The second-order valence-corrected chi connectivity index (χ2v) is 10.8. The number of pyridine rings is 1. The molecule has 0 bridgehead atoms. The Morgan fingerprint density at radius 2 is 2.00 bits per heavy atom. The van der Waals surface area contributed by atoms with Crippen LogP contribution in [0.3, 0.4) is 0 Å². The lowest BCUT2D eigenvalue weighted by Gasteiger charge is -2.30. The number of benzene rings is 1. The molecule has 0 radical (unpaired) electrons. The molecule has 0 aliphatic heterocycles. The highest BCUT2D eigenvalue weighted by Gasteiger charge is 2.33. The van der Waals surface area contributed by atoms with Crippen molar-refractivity contribution in [3.05, 3.63) is 59.9 Å². The van der Waals surface area contributed by atoms with Gasteiger partial charge in [-0.25, -0.2) is 13.4 Å². The first-order valence-corrected chi connectivity index (χ1v) is 12.6. The highest BCUT2D eigenvalue weighted by Crippen LogP contribution is 2.31. The lowest BCUT2D eigenvalue weighted by atomic mass is 9.97. The molecule has 170 valence electrons. The fourth-order valence-corrected chi connectivity index (χ4v) is 6.08. The zero-order valence-corrected chi connectivity index (χ0v) is 19.2. The fourth-order valence-electron chi connectivity index (χ4n) is 4.23. The molecule has 2 aromatic heterocycles. The number of rotatable bonds is 7. The van der Waals surface area contributed by atoms with Gasteiger partial charge in [0.25, 0.3) is 5.91 Å². The minimum absolute atomic E-state index is 0.00186. The number of nitrogens with zero attached hydrogens (tertiary/aromatic N) is 1. The van der Waals surface area contributed by atoms with Crippen LogP contribution in [-0.4, -0.2) is 41.8 Å². The van der Waals surface area contributed by atoms with E-state index in [0.717, 1.165) is 29.4 Å². The van der Waals surface area contributed by atoms with E-state index in [1.165, 1.54) is 6.20 Å². The molecule has 2 heterocycles. The summed E-state index contributed by atoms with van der Waals surface area (Å²) in [6.45, 7) is 4.26. The smallest absolute Gasteiger partial charge is 0.253 e. The second-order valence-electron chi connectivity index (χ2n) is 8.61. The third-order valence-electron chi connectivity index (χ3n) is 5.85. The molecule has 1 amide bonds. The fraction of sp³-hybridized carbons (Fsp3) is 0.417. The molecule has 2 atom stereocenters. The average Bonchev–Trinajstić information content (AvgIpc) is 3.25. The van der Waals surface area contributed by atoms with Crippen LogP contribution in [0.1, 0.15) is 55.5 Å². The van der Waals surface area contributed by atoms with E-state index in [-0.39, 0.29) is 18.1 Å². The molecule has 2 N–H and O–H groups in total. The summed E-state index contributed by atoms with van der Waals surface area (Å²) in [5.74, 6) is -0.226. The van der Waals surface area contributed by atoms with Crippen molar-refractivity contribution in [2.75, 3.05) is 0 Å². The van der Waals surface area contributed by atoms with Crippen LogP contribution in [-0.2, 0) is 21.1 Å². The quantitative estimate of drug-likeness (QED) is 0.561. The molecule has 1 fully saturated rings. The summed E-state index contributed by atoms with van der Waals surface area (Å²) in [5.41, 5.74) is 2.04. The number of carbonyl (C=O) groups is 1. The molecular weight excluding hydrogens is 426 g/mol. The maximum atomic E-state index is 13.1. The predicted molar refractivity (Wildman–Crippen MR) is 123 cm³/mol. The van der Waals surface area contributed by atoms with Gasteiger partial charge in [-0.15, -0.1) is 0 Å². The Bertz CT molecular complexity index is 1190. The molecule has 7 nitrogen and oxygen atoms in total. The number of hydrogen-bond donors (Lipinski definition) is 2. The Kier molecular flexibility index (Phi) is 6.62. The maximum absolute atomic E-state index is 13.1. The first kappa shape index (κ1) is 22.5. The van der Waals surface area contributed by atoms with Gasteiger partial charge in [0.15, 0.2) is 9.84 Å². The molecular formula is C24H29N3O4S. The van der Waals surface area contributed by atoms with Gasteiger partial charge >= 0.3 is 0 Å². The van der Waals surface area contributed by atoms with Crippen LogP contribution in [0.5, 0.6) is 0 Å². The number of carbonyl (C=O) groups excluding carboxylic acids is 1. The molecule has 32 heavy (non-hydrogen) atoms. The van der Waals surface area contributed by atoms with Crippen molar-refractivity contribution in [1.82, 2.24) is 15.3 Å². The zero-order valence-electron chi connectivity index (χ0n) is 18.4. The van der Waals surface area contributed by atoms with Gasteiger partial charge in [0, 0.05) is 24.3 Å². The van der Waals surface area contributed by atoms with E-state index < -0.39 is 15.1 Å². The Morgan fingerprint density at radius 1 is 1.22 bits per heavy atom. The number of aromatic nitrogens is 2. The molecule has 2 unspecified atom stereocenters. The van der Waals surface area contributed by atoms with E-state index in [1.54, 1.807) is 36.5 Å². The van der Waals surface area contributed by atoms with Crippen LogP contribution in [0, 0.1) is 0 Å². The molecule has 1 aromatic carbocycles. The summed E-state index contributed by atoms with van der Waals surface area (Å²) in [4.78, 5) is 20.0. The van der Waals surface area contributed by atoms with Crippen molar-refractivity contribution < 1.29 is 17.9 Å². The Morgan fingerprint density at radius 3 is 2.75 bits per heavy atom. The minimum atomic E-state index is -3.42. The normalized spacial score (nSPS) is 19.3. The number of fused-ring (bicyclic) bond motifs is 1. The monoisotopic (exact) mass is 455 g/mol. The van der Waals surface area contributed by atoms with E-state index in [4.69, 9.17) is 4.74 Å². The highest BCUT2D eigenvalue weighted by molar-refractivity contribution is 7.92. The van der Waals surface area contributed by atoms with E-state index in [1.807, 2.05) is 19.9 Å². The van der Waals surface area contributed by atoms with E-state index in [9.17, 15) is 13.2 Å². The standard InChI is InChI=1S/C24H29N3O4S/c1-16(2)31-20-4-3-5-22(13-20)32(29,30)21-8-6-17(7-9-21)14-27-24(28)19-12-18-10-11-25-23(18)26-15-19/h6-12,15-16,20,22H,3-5,13-14H2,1-2H3,(H,25,26)(H,27,28). The number of sulfone groups is 1. The van der Waals surface area contributed by atoms with E-state index in [2.05, 4.69) is 15.3 Å². The van der Waals surface area contributed by atoms with Crippen molar-refractivity contribution in [3.8, 4) is 0 Å². The molecule has 3 aromatic rings. The first-order chi connectivity index (χ1) is 15.3. The summed E-state index contributed by atoms with van der Waals surface area (Å²) in [6.07, 6.45) is 6.37. The van der Waals surface area contributed by atoms with Crippen molar-refractivity contribution >= 4 is 26.8 Å². The van der Waals surface area contributed by atoms with Gasteiger partial charge in [-0.05, 0) is 69.4 Å². The molecule has 0 saturated heterocycles. The van der Waals surface area contributed by atoms with Gasteiger partial charge in [0.05, 0.1) is 27.9 Å². The third-order valence-corrected chi connectivity index (χ3v) is 8.08. The summed E-state index contributed by atoms with van der Waals surface area (Å²) in [6, 6.07) is 10.4. The lowest BCUT2D eigenvalue weighted by Crippen LogP contribution is -2.33. The van der Waals surface area contributed by atoms with Crippen LogP contribution in [0.4, 0.5) is 0 Å². The minimum Gasteiger partial charge on any atom is -0.376 e. The number of hydrogen-bond acceptors (Lipinski definition) is 5. The van der Waals surface area contributed by atoms with Gasteiger partial charge < -0.3 is 15.0 Å². The van der Waals surface area contributed by atoms with Gasteiger partial charge in [0.1, 0.15) is 5.65 Å². The molecule has 1 aliphatic carbocycles. The van der Waals surface area contributed by atoms with Gasteiger partial charge in [-0.3, -0.25) is 4.79 Å². The Balaban J connectivity index is 1.38. The van der Waals surface area contributed by atoms with Crippen LogP contribution in [0.15, 0.2) is 53.7 Å². The number of ether oxygens (including phenoxy) is 1. The largest absolute Gasteiger partial charge is 0.376 e. The van der Waals surface area contributed by atoms with Gasteiger partial charge in [-0.2, -0.15) is 0 Å². The van der Waals surface area contributed by atoms with Crippen molar-refractivity contribution in [3.63, 3.8) is 0 Å². The lowest BCUT2D eigenvalue weighted by molar-refractivity contribution is -0.0110. The van der Waals surface area contributed by atoms with Gasteiger partial charge in [-0.1, -0.05) is 12.1 Å². The number of nitrogens with one attached hydrogen (secondary N) is 2. The number of aromatic amines is 1. The zero-order chi connectivity index (χ0) is 22.7. The Hall–Kier alpha value is -2.71. The summed E-state index contributed by atoms with van der Waals surface area (Å²) in [7, 11) is -3.42. The van der Waals surface area contributed by atoms with Crippen molar-refractivity contribution in [1.29, 1.82) is 0 Å². The second kappa shape index (κ2) is 9.42. The number of amides is 1. The van der Waals surface area contributed by atoms with Crippen molar-refractivity contribution in [2.45, 2.75) is 68.4 Å². The van der Waals surface area contributed by atoms with Crippen molar-refractivity contribution in [2.24, 2.45) is 0 Å². The summed E-state index contributed by atoms with van der Waals surface area (Å²) < 4.78 is 32.1. The molecule has 4 rings (SSSR count). The van der Waals surface area contributed by atoms with Gasteiger partial charge in [0.2, 0.25) is 0 Å². The number of H-pyrrole nitrogens is 1. The maximum Gasteiger partial charge on any atom is 0.253 e. The molecule has 8 heteroatoms. The predicted octanol–water partition coefficient (Wildman–Crippen LogP) is 4.00. The highest BCUT2D eigenvalue weighted by atomic mass is 32.2. The topological polar surface area (TPSA) is 101 Å². The van der Waals surface area contributed by atoms with Crippen LogP contribution in [0.25, 0.3) is 11.0 Å². The molecule has 1 saturated carbocycles. The van der Waals surface area contributed by atoms with Crippen LogP contribution >= 0.6 is 0 Å². The first-order valence-electron chi connectivity index (χ1n) is 11.0. The summed E-state index contributed by atoms with van der Waals surface area (Å²) in [5, 5.41) is 3.32. The molecule has 1 aliphatic rings. The average molecular weight is 456 g/mol. The Labute approximate surface area is 188 Å². The van der Waals surface area contributed by atoms with Crippen LogP contribution in [0.2, 0.25) is 0 Å². The third kappa shape index (κ3) is 5.02. The summed E-state index contributed by atoms with van der Waals surface area (Å²) >= 11 is 0. The molecule has 0 spiro atoms. The van der Waals surface area contributed by atoms with Crippen LogP contribution < -0.4 is 5.32 Å². The van der Waals surface area contributed by atoms with E-state index in [0.29, 0.717) is 29.8 Å². The SMILES string of the molecule is CC(C)OC1CCCC(S(=O)(=O)c2ccc(CNC(=O)c3cnc4[nH]ccc4c3)cc2)C1. The van der Waals surface area contributed by atoms with E-state index >= 15 is 0 Å².